The SMILES string of the molecule is COc1ccc(C2C(N)C(=O)N2c2ccc(C)c(C)c2)cc1OC. The van der Waals surface area contributed by atoms with Crippen LogP contribution in [0, 0.1) is 13.8 Å². The Morgan fingerprint density at radius 2 is 1.67 bits per heavy atom. The summed E-state index contributed by atoms with van der Waals surface area (Å²) in [5.74, 6) is 1.21. The Labute approximate surface area is 142 Å². The van der Waals surface area contributed by atoms with Gasteiger partial charge in [0.05, 0.1) is 20.3 Å². The highest BCUT2D eigenvalue weighted by molar-refractivity contribution is 6.05. The first-order chi connectivity index (χ1) is 11.5. The first-order valence-corrected chi connectivity index (χ1v) is 7.85. The second-order valence-electron chi connectivity index (χ2n) is 6.06. The van der Waals surface area contributed by atoms with Crippen molar-refractivity contribution in [2.45, 2.75) is 25.9 Å². The first-order valence-electron chi connectivity index (χ1n) is 7.85. The third-order valence-corrected chi connectivity index (χ3v) is 4.66. The maximum absolute atomic E-state index is 12.4. The van der Waals surface area contributed by atoms with E-state index in [0.29, 0.717) is 11.5 Å². The number of hydrogen-bond acceptors (Lipinski definition) is 4. The number of amides is 1. The molecule has 5 heteroatoms. The Morgan fingerprint density at radius 1 is 0.958 bits per heavy atom. The van der Waals surface area contributed by atoms with E-state index in [2.05, 4.69) is 6.92 Å². The predicted octanol–water partition coefficient (Wildman–Crippen LogP) is 2.74. The molecular weight excluding hydrogens is 304 g/mol. The van der Waals surface area contributed by atoms with E-state index < -0.39 is 6.04 Å². The van der Waals surface area contributed by atoms with Crippen LogP contribution in [0.4, 0.5) is 5.69 Å². The molecule has 0 saturated carbocycles. The Hall–Kier alpha value is -2.53. The van der Waals surface area contributed by atoms with Crippen molar-refractivity contribution in [2.24, 2.45) is 5.73 Å². The molecule has 1 heterocycles. The lowest BCUT2D eigenvalue weighted by Crippen LogP contribution is -2.63. The number of anilines is 1. The Morgan fingerprint density at radius 3 is 2.29 bits per heavy atom. The topological polar surface area (TPSA) is 64.8 Å². The van der Waals surface area contributed by atoms with Crippen LogP contribution >= 0.6 is 0 Å². The van der Waals surface area contributed by atoms with E-state index in [1.807, 2.05) is 43.3 Å². The Kier molecular flexibility index (Phi) is 4.20. The Bertz CT molecular complexity index is 788. The largest absolute Gasteiger partial charge is 0.493 e. The normalized spacial score (nSPS) is 19.9. The van der Waals surface area contributed by atoms with Gasteiger partial charge >= 0.3 is 0 Å². The molecular formula is C19H22N2O3. The third kappa shape index (κ3) is 2.51. The first kappa shape index (κ1) is 16.3. The molecule has 0 spiro atoms. The highest BCUT2D eigenvalue weighted by Crippen LogP contribution is 2.41. The maximum atomic E-state index is 12.4. The number of carbonyl (C=O) groups is 1. The number of carbonyl (C=O) groups excluding carboxylic acids is 1. The molecule has 1 amide bonds. The molecule has 1 aliphatic rings. The lowest BCUT2D eigenvalue weighted by atomic mass is 9.88. The van der Waals surface area contributed by atoms with Gasteiger partial charge < -0.3 is 20.1 Å². The van der Waals surface area contributed by atoms with Crippen molar-refractivity contribution in [2.75, 3.05) is 19.1 Å². The zero-order valence-corrected chi connectivity index (χ0v) is 14.4. The number of ether oxygens (including phenoxy) is 2. The molecule has 2 aromatic rings. The van der Waals surface area contributed by atoms with Crippen molar-refractivity contribution in [3.63, 3.8) is 0 Å². The number of benzene rings is 2. The highest BCUT2D eigenvalue weighted by Gasteiger charge is 2.46. The number of nitrogens with zero attached hydrogens (tertiary/aromatic N) is 1. The molecule has 5 nitrogen and oxygen atoms in total. The highest BCUT2D eigenvalue weighted by atomic mass is 16.5. The molecule has 0 aromatic heterocycles. The van der Waals surface area contributed by atoms with E-state index in [9.17, 15) is 4.79 Å². The van der Waals surface area contributed by atoms with Crippen molar-refractivity contribution in [1.29, 1.82) is 0 Å². The number of nitrogens with two attached hydrogens (primary N) is 1. The van der Waals surface area contributed by atoms with Crippen LogP contribution in [0.25, 0.3) is 0 Å². The summed E-state index contributed by atoms with van der Waals surface area (Å²) < 4.78 is 10.6. The standard InChI is InChI=1S/C19H22N2O3/c1-11-5-7-14(9-12(11)2)21-18(17(20)19(21)22)13-6-8-15(23-3)16(10-13)24-4/h5-10,17-18H,20H2,1-4H3. The summed E-state index contributed by atoms with van der Waals surface area (Å²) in [6.07, 6.45) is 0. The van der Waals surface area contributed by atoms with Gasteiger partial charge in [0.2, 0.25) is 5.91 Å². The molecule has 2 aromatic carbocycles. The van der Waals surface area contributed by atoms with Crippen LogP contribution < -0.4 is 20.1 Å². The van der Waals surface area contributed by atoms with Gasteiger partial charge in [0.25, 0.3) is 0 Å². The van der Waals surface area contributed by atoms with Gasteiger partial charge in [0, 0.05) is 5.69 Å². The van der Waals surface area contributed by atoms with Crippen molar-refractivity contribution < 1.29 is 14.3 Å². The summed E-state index contributed by atoms with van der Waals surface area (Å²) in [5, 5.41) is 0. The lowest BCUT2D eigenvalue weighted by Gasteiger charge is -2.45. The number of hydrogen-bond donors (Lipinski definition) is 1. The average molecular weight is 326 g/mol. The van der Waals surface area contributed by atoms with Crippen molar-refractivity contribution >= 4 is 11.6 Å². The van der Waals surface area contributed by atoms with Gasteiger partial charge in [-0.25, -0.2) is 0 Å². The summed E-state index contributed by atoms with van der Waals surface area (Å²) in [5.41, 5.74) is 10.2. The molecule has 0 radical (unpaired) electrons. The lowest BCUT2D eigenvalue weighted by molar-refractivity contribution is -0.126. The number of rotatable bonds is 4. The second-order valence-corrected chi connectivity index (χ2v) is 6.06. The summed E-state index contributed by atoms with van der Waals surface area (Å²) in [6, 6.07) is 10.9. The zero-order chi connectivity index (χ0) is 17.4. The smallest absolute Gasteiger partial charge is 0.247 e. The molecule has 126 valence electrons. The van der Waals surface area contributed by atoms with Gasteiger partial charge in [0.1, 0.15) is 6.04 Å². The molecule has 3 rings (SSSR count). The van der Waals surface area contributed by atoms with E-state index in [1.54, 1.807) is 19.1 Å². The maximum Gasteiger partial charge on any atom is 0.247 e. The summed E-state index contributed by atoms with van der Waals surface area (Å²) in [4.78, 5) is 14.1. The van der Waals surface area contributed by atoms with E-state index in [-0.39, 0.29) is 11.9 Å². The fraction of sp³-hybridized carbons (Fsp3) is 0.316. The van der Waals surface area contributed by atoms with Crippen LogP contribution in [0.1, 0.15) is 22.7 Å². The van der Waals surface area contributed by atoms with E-state index in [1.165, 1.54) is 5.56 Å². The minimum absolute atomic E-state index is 0.0713. The fourth-order valence-electron chi connectivity index (χ4n) is 3.07. The molecule has 1 aliphatic heterocycles. The summed E-state index contributed by atoms with van der Waals surface area (Å²) >= 11 is 0. The van der Waals surface area contributed by atoms with Crippen LogP contribution in [-0.2, 0) is 4.79 Å². The van der Waals surface area contributed by atoms with Gasteiger partial charge in [-0.15, -0.1) is 0 Å². The van der Waals surface area contributed by atoms with Crippen LogP contribution in [0.15, 0.2) is 36.4 Å². The minimum atomic E-state index is -0.551. The van der Waals surface area contributed by atoms with Crippen LogP contribution in [0.2, 0.25) is 0 Å². The molecule has 0 bridgehead atoms. The molecule has 1 saturated heterocycles. The third-order valence-electron chi connectivity index (χ3n) is 4.66. The van der Waals surface area contributed by atoms with Crippen molar-refractivity contribution in [3.8, 4) is 11.5 Å². The van der Waals surface area contributed by atoms with Crippen LogP contribution in [0.3, 0.4) is 0 Å². The van der Waals surface area contributed by atoms with Gasteiger partial charge in [-0.1, -0.05) is 12.1 Å². The average Bonchev–Trinajstić information content (AvgIpc) is 2.60. The molecule has 2 N–H and O–H groups in total. The Balaban J connectivity index is 1.99. The van der Waals surface area contributed by atoms with Crippen molar-refractivity contribution in [3.05, 3.63) is 53.1 Å². The van der Waals surface area contributed by atoms with E-state index in [4.69, 9.17) is 15.2 Å². The summed E-state index contributed by atoms with van der Waals surface area (Å²) in [7, 11) is 3.19. The molecule has 0 aliphatic carbocycles. The van der Waals surface area contributed by atoms with Gasteiger partial charge in [0.15, 0.2) is 11.5 Å². The molecule has 2 unspecified atom stereocenters. The van der Waals surface area contributed by atoms with Crippen LogP contribution in [0.5, 0.6) is 11.5 Å². The fourth-order valence-corrected chi connectivity index (χ4v) is 3.07. The van der Waals surface area contributed by atoms with Gasteiger partial charge in [-0.05, 0) is 54.8 Å². The summed E-state index contributed by atoms with van der Waals surface area (Å²) in [6.45, 7) is 4.09. The van der Waals surface area contributed by atoms with E-state index >= 15 is 0 Å². The zero-order valence-electron chi connectivity index (χ0n) is 14.4. The number of β-lactam (4-membered cyclic amide) rings is 1. The minimum Gasteiger partial charge on any atom is -0.493 e. The predicted molar refractivity (Wildman–Crippen MR) is 93.7 cm³/mol. The van der Waals surface area contributed by atoms with Gasteiger partial charge in [-0.3, -0.25) is 4.79 Å². The van der Waals surface area contributed by atoms with Crippen LogP contribution in [-0.4, -0.2) is 26.2 Å². The van der Waals surface area contributed by atoms with Gasteiger partial charge in [-0.2, -0.15) is 0 Å². The second kappa shape index (κ2) is 6.17. The van der Waals surface area contributed by atoms with E-state index in [0.717, 1.165) is 16.8 Å². The molecule has 2 atom stereocenters. The molecule has 24 heavy (non-hydrogen) atoms. The van der Waals surface area contributed by atoms with Crippen molar-refractivity contribution in [1.82, 2.24) is 0 Å². The monoisotopic (exact) mass is 326 g/mol. The number of aryl methyl sites for hydroxylation is 2. The molecule has 1 fully saturated rings. The number of methoxy groups -OCH3 is 2. The quantitative estimate of drug-likeness (QED) is 0.878.